The number of hydrogen-bond donors (Lipinski definition) is 2. The molecular weight excluding hydrogens is 356 g/mol. The van der Waals surface area contributed by atoms with E-state index in [2.05, 4.69) is 4.98 Å². The van der Waals surface area contributed by atoms with Crippen LogP contribution in [0.2, 0.25) is 0 Å². The smallest absolute Gasteiger partial charge is 0.434 e. The average molecular weight is 366 g/mol. The Hall–Kier alpha value is -2.14. The number of aromatic nitrogens is 1. The lowest BCUT2D eigenvalue weighted by atomic mass is 9.99. The van der Waals surface area contributed by atoms with Crippen LogP contribution in [0, 0.1) is 0 Å². The quantitative estimate of drug-likeness (QED) is 0.764. The number of carbonyl (C=O) groups is 1. The normalized spacial score (nSPS) is 12.6. The third-order valence-corrected chi connectivity index (χ3v) is 2.84. The predicted octanol–water partition coefficient (Wildman–Crippen LogP) is 4.27. The molecule has 24 heavy (non-hydrogen) atoms. The third kappa shape index (κ3) is 4.45. The van der Waals surface area contributed by atoms with Gasteiger partial charge in [-0.15, -0.1) is 0 Å². The molecular formula is C12H10F8N2O2. The van der Waals surface area contributed by atoms with Gasteiger partial charge in [-0.2, -0.15) is 26.3 Å². The van der Waals surface area contributed by atoms with Gasteiger partial charge in [-0.3, -0.25) is 0 Å². The first-order chi connectivity index (χ1) is 10.8. The van der Waals surface area contributed by atoms with Crippen molar-refractivity contribution in [2.24, 2.45) is 0 Å². The number of aromatic carboxylic acids is 1. The van der Waals surface area contributed by atoms with E-state index in [4.69, 9.17) is 5.11 Å². The molecule has 1 aromatic rings. The van der Waals surface area contributed by atoms with Crippen LogP contribution < -0.4 is 5.32 Å². The minimum absolute atomic E-state index is 0.535. The molecule has 1 heterocycles. The molecule has 1 aromatic heterocycles. The summed E-state index contributed by atoms with van der Waals surface area (Å²) in [5.41, 5.74) is -7.02. The number of carboxylic acids is 1. The van der Waals surface area contributed by atoms with Crippen LogP contribution in [0.3, 0.4) is 0 Å². The highest BCUT2D eigenvalue weighted by molar-refractivity contribution is 5.93. The zero-order valence-electron chi connectivity index (χ0n) is 11.8. The monoisotopic (exact) mass is 366 g/mol. The molecule has 12 heteroatoms. The first-order valence-electron chi connectivity index (χ1n) is 6.25. The van der Waals surface area contributed by atoms with Gasteiger partial charge in [0.25, 0.3) is 6.43 Å². The Morgan fingerprint density at radius 1 is 1.21 bits per heavy atom. The summed E-state index contributed by atoms with van der Waals surface area (Å²) >= 11 is 0. The molecule has 2 N–H and O–H groups in total. The number of carboxylic acid groups (broad SMARTS) is 1. The Balaban J connectivity index is 3.73. The highest BCUT2D eigenvalue weighted by atomic mass is 19.4. The fourth-order valence-electron chi connectivity index (χ4n) is 1.99. The Morgan fingerprint density at radius 2 is 1.75 bits per heavy atom. The number of hydrogen-bond acceptors (Lipinski definition) is 3. The van der Waals surface area contributed by atoms with Crippen LogP contribution in [0.5, 0.6) is 0 Å². The van der Waals surface area contributed by atoms with Gasteiger partial charge >= 0.3 is 18.3 Å². The van der Waals surface area contributed by atoms with Crippen molar-refractivity contribution >= 4 is 11.7 Å². The van der Waals surface area contributed by atoms with E-state index in [1.807, 2.05) is 0 Å². The number of anilines is 1. The van der Waals surface area contributed by atoms with Crippen LogP contribution in [0.25, 0.3) is 0 Å². The van der Waals surface area contributed by atoms with Crippen LogP contribution in [-0.4, -0.2) is 28.8 Å². The van der Waals surface area contributed by atoms with E-state index in [0.717, 1.165) is 6.92 Å². The van der Waals surface area contributed by atoms with Crippen LogP contribution in [0.15, 0.2) is 0 Å². The average Bonchev–Trinajstić information content (AvgIpc) is 2.40. The molecule has 1 rings (SSSR count). The molecule has 0 atom stereocenters. The van der Waals surface area contributed by atoms with Gasteiger partial charge in [0, 0.05) is 0 Å². The lowest BCUT2D eigenvalue weighted by Crippen LogP contribution is -2.26. The molecule has 0 aliphatic carbocycles. The molecule has 0 unspecified atom stereocenters. The SMILES string of the molecule is CCc1c(NCC(F)(F)F)c(C(F)F)nc(C(F)(F)F)c1C(=O)O. The van der Waals surface area contributed by atoms with E-state index in [0.29, 0.717) is 0 Å². The maximum atomic E-state index is 13.0. The Labute approximate surface area is 129 Å². The van der Waals surface area contributed by atoms with E-state index < -0.39 is 65.9 Å². The summed E-state index contributed by atoms with van der Waals surface area (Å²) in [6, 6.07) is 0. The molecule has 0 saturated carbocycles. The van der Waals surface area contributed by atoms with Crippen molar-refractivity contribution in [3.63, 3.8) is 0 Å². The molecule has 0 aliphatic heterocycles. The Bertz CT molecular complexity index is 625. The number of nitrogens with one attached hydrogen (secondary N) is 1. The van der Waals surface area contributed by atoms with Gasteiger partial charge in [0.05, 0.1) is 11.3 Å². The molecule has 0 bridgehead atoms. The molecule has 0 saturated heterocycles. The highest BCUT2D eigenvalue weighted by Crippen LogP contribution is 2.39. The first kappa shape index (κ1) is 19.9. The molecule has 0 aliphatic rings. The molecule has 0 radical (unpaired) electrons. The van der Waals surface area contributed by atoms with Gasteiger partial charge in [0.15, 0.2) is 5.69 Å². The number of halogens is 8. The van der Waals surface area contributed by atoms with Gasteiger partial charge in [0.1, 0.15) is 12.2 Å². The number of nitrogens with zero attached hydrogens (tertiary/aromatic N) is 1. The van der Waals surface area contributed by atoms with E-state index >= 15 is 0 Å². The van der Waals surface area contributed by atoms with Gasteiger partial charge in [-0.25, -0.2) is 18.6 Å². The second-order valence-electron chi connectivity index (χ2n) is 4.50. The highest BCUT2D eigenvalue weighted by Gasteiger charge is 2.41. The minimum Gasteiger partial charge on any atom is -0.478 e. The lowest BCUT2D eigenvalue weighted by Gasteiger charge is -2.21. The fraction of sp³-hybridized carbons (Fsp3) is 0.500. The first-order valence-corrected chi connectivity index (χ1v) is 6.25. The minimum atomic E-state index is -5.37. The van der Waals surface area contributed by atoms with E-state index in [-0.39, 0.29) is 0 Å². The summed E-state index contributed by atoms with van der Waals surface area (Å²) in [7, 11) is 0. The second kappa shape index (κ2) is 6.77. The molecule has 0 aromatic carbocycles. The second-order valence-corrected chi connectivity index (χ2v) is 4.50. The lowest BCUT2D eigenvalue weighted by molar-refractivity contribution is -0.142. The van der Waals surface area contributed by atoms with Crippen molar-refractivity contribution in [3.05, 3.63) is 22.5 Å². The van der Waals surface area contributed by atoms with Crippen molar-refractivity contribution in [1.29, 1.82) is 0 Å². The predicted molar refractivity (Wildman–Crippen MR) is 65.1 cm³/mol. The molecule has 0 amide bonds. The van der Waals surface area contributed by atoms with Crippen molar-refractivity contribution < 1.29 is 45.0 Å². The molecule has 0 fully saturated rings. The Kier molecular flexibility index (Phi) is 5.62. The topological polar surface area (TPSA) is 62.2 Å². The van der Waals surface area contributed by atoms with Gasteiger partial charge in [-0.1, -0.05) is 6.92 Å². The van der Waals surface area contributed by atoms with E-state index in [9.17, 15) is 39.9 Å². The zero-order valence-corrected chi connectivity index (χ0v) is 11.8. The van der Waals surface area contributed by atoms with E-state index in [1.54, 1.807) is 0 Å². The van der Waals surface area contributed by atoms with Gasteiger partial charge < -0.3 is 10.4 Å². The Morgan fingerprint density at radius 3 is 2.08 bits per heavy atom. The number of alkyl halides is 8. The molecule has 4 nitrogen and oxygen atoms in total. The maximum absolute atomic E-state index is 13.0. The van der Waals surface area contributed by atoms with Crippen molar-refractivity contribution in [3.8, 4) is 0 Å². The largest absolute Gasteiger partial charge is 0.478 e. The summed E-state index contributed by atoms with van der Waals surface area (Å²) in [6.07, 6.45) is -14.4. The van der Waals surface area contributed by atoms with Gasteiger partial charge in [-0.05, 0) is 12.0 Å². The van der Waals surface area contributed by atoms with Crippen LogP contribution >= 0.6 is 0 Å². The standard InChI is InChI=1S/C12H10F8N2O2/c1-2-4-5(10(23)24)8(12(18,19)20)22-7(9(13)14)6(4)21-3-11(15,16)17/h9,21H,2-3H2,1H3,(H,23,24). The van der Waals surface area contributed by atoms with Crippen molar-refractivity contribution in [2.45, 2.75) is 32.1 Å². The van der Waals surface area contributed by atoms with Crippen molar-refractivity contribution in [2.75, 3.05) is 11.9 Å². The summed E-state index contributed by atoms with van der Waals surface area (Å²) in [5.74, 6) is -2.14. The van der Waals surface area contributed by atoms with Crippen LogP contribution in [-0.2, 0) is 12.6 Å². The summed E-state index contributed by atoms with van der Waals surface area (Å²) < 4.78 is 101. The summed E-state index contributed by atoms with van der Waals surface area (Å²) in [5, 5.41) is 10.5. The van der Waals surface area contributed by atoms with Gasteiger partial charge in [0.2, 0.25) is 0 Å². The third-order valence-electron chi connectivity index (χ3n) is 2.84. The maximum Gasteiger partial charge on any atom is 0.434 e. The van der Waals surface area contributed by atoms with Crippen LogP contribution in [0.4, 0.5) is 40.8 Å². The summed E-state index contributed by atoms with van der Waals surface area (Å²) in [6.45, 7) is -0.720. The van der Waals surface area contributed by atoms with Crippen molar-refractivity contribution in [1.82, 2.24) is 4.98 Å². The molecule has 0 spiro atoms. The molecule has 136 valence electrons. The fourth-order valence-corrected chi connectivity index (χ4v) is 1.99. The van der Waals surface area contributed by atoms with E-state index in [1.165, 1.54) is 5.32 Å². The zero-order chi connectivity index (χ0) is 18.9. The number of rotatable bonds is 5. The summed E-state index contributed by atoms with van der Waals surface area (Å²) in [4.78, 5) is 13.7. The number of pyridine rings is 1. The van der Waals surface area contributed by atoms with Crippen LogP contribution in [0.1, 0.15) is 40.7 Å².